The Morgan fingerprint density at radius 3 is 1.95 bits per heavy atom. The molecule has 4 saturated carbocycles. The second-order valence-corrected chi connectivity index (χ2v) is 9.43. The van der Waals surface area contributed by atoms with Gasteiger partial charge in [-0.05, 0) is 80.0 Å². The summed E-state index contributed by atoms with van der Waals surface area (Å²) in [7, 11) is 0. The molecule has 0 aromatic carbocycles. The maximum Gasteiger partial charge on any atom is 0.317 e. The average molecular weight is 304 g/mol. The molecule has 3 nitrogen and oxygen atoms in total. The van der Waals surface area contributed by atoms with Gasteiger partial charge in [0.05, 0.1) is 0 Å². The van der Waals surface area contributed by atoms with Crippen LogP contribution in [0.15, 0.2) is 0 Å². The predicted molar refractivity (Wildman–Crippen MR) is 88.5 cm³/mol. The number of nitrogens with one attached hydrogen (secondary N) is 1. The van der Waals surface area contributed by atoms with Gasteiger partial charge in [0.2, 0.25) is 0 Å². The van der Waals surface area contributed by atoms with Crippen molar-refractivity contribution in [3.8, 4) is 0 Å². The van der Waals surface area contributed by atoms with E-state index >= 15 is 0 Å². The summed E-state index contributed by atoms with van der Waals surface area (Å²) >= 11 is 0. The normalized spacial score (nSPS) is 46.8. The molecule has 5 rings (SSSR count). The molecular formula is C19H32N2O. The number of amides is 2. The Kier molecular flexibility index (Phi) is 3.65. The maximum atomic E-state index is 12.6. The Labute approximate surface area is 135 Å². The predicted octanol–water partition coefficient (Wildman–Crippen LogP) is 3.89. The van der Waals surface area contributed by atoms with E-state index in [1.54, 1.807) is 0 Å². The van der Waals surface area contributed by atoms with Crippen LogP contribution in [0.3, 0.4) is 0 Å². The van der Waals surface area contributed by atoms with Gasteiger partial charge >= 0.3 is 6.03 Å². The van der Waals surface area contributed by atoms with Gasteiger partial charge in [-0.3, -0.25) is 0 Å². The van der Waals surface area contributed by atoms with Crippen molar-refractivity contribution >= 4 is 6.03 Å². The van der Waals surface area contributed by atoms with Crippen molar-refractivity contribution in [1.82, 2.24) is 10.2 Å². The highest BCUT2D eigenvalue weighted by Crippen LogP contribution is 2.59. The van der Waals surface area contributed by atoms with Crippen molar-refractivity contribution in [2.75, 3.05) is 19.6 Å². The van der Waals surface area contributed by atoms with Gasteiger partial charge in [-0.25, -0.2) is 4.79 Å². The van der Waals surface area contributed by atoms with Gasteiger partial charge in [0.1, 0.15) is 0 Å². The van der Waals surface area contributed by atoms with E-state index in [1.165, 1.54) is 44.9 Å². The first-order valence-electron chi connectivity index (χ1n) is 9.54. The number of rotatable bonds is 2. The molecule has 0 spiro atoms. The first-order chi connectivity index (χ1) is 10.5. The Balaban J connectivity index is 1.35. The summed E-state index contributed by atoms with van der Waals surface area (Å²) in [4.78, 5) is 14.7. The number of piperidine rings is 1. The third-order valence-electron chi connectivity index (χ3n) is 6.94. The molecule has 2 amide bonds. The fourth-order valence-corrected chi connectivity index (χ4v) is 6.71. The van der Waals surface area contributed by atoms with Crippen molar-refractivity contribution in [2.24, 2.45) is 35.0 Å². The van der Waals surface area contributed by atoms with Crippen LogP contribution in [0.2, 0.25) is 0 Å². The zero-order valence-electron chi connectivity index (χ0n) is 14.3. The fraction of sp³-hybridized carbons (Fsp3) is 0.947. The summed E-state index contributed by atoms with van der Waals surface area (Å²) in [5.74, 6) is 4.21. The highest BCUT2D eigenvalue weighted by atomic mass is 16.2. The highest BCUT2D eigenvalue weighted by Gasteiger charge is 2.50. The Morgan fingerprint density at radius 2 is 1.45 bits per heavy atom. The van der Waals surface area contributed by atoms with Gasteiger partial charge in [0, 0.05) is 19.6 Å². The smallest absolute Gasteiger partial charge is 0.317 e. The number of hydrogen-bond acceptors (Lipinski definition) is 1. The Hall–Kier alpha value is -0.730. The zero-order valence-corrected chi connectivity index (χ0v) is 14.3. The lowest BCUT2D eigenvalue weighted by Crippen LogP contribution is -2.54. The highest BCUT2D eigenvalue weighted by molar-refractivity contribution is 5.74. The lowest BCUT2D eigenvalue weighted by molar-refractivity contribution is -0.0504. The number of hydrogen-bond donors (Lipinski definition) is 1. The van der Waals surface area contributed by atoms with E-state index in [0.29, 0.717) is 17.3 Å². The van der Waals surface area contributed by atoms with Gasteiger partial charge < -0.3 is 10.2 Å². The Morgan fingerprint density at radius 1 is 0.955 bits per heavy atom. The van der Waals surface area contributed by atoms with Crippen molar-refractivity contribution in [3.05, 3.63) is 0 Å². The van der Waals surface area contributed by atoms with Gasteiger partial charge in [-0.1, -0.05) is 13.8 Å². The first kappa shape index (κ1) is 14.8. The van der Waals surface area contributed by atoms with Crippen LogP contribution in [0, 0.1) is 35.0 Å². The molecule has 0 radical (unpaired) electrons. The number of likely N-dealkylation sites (tertiary alicyclic amines) is 1. The first-order valence-corrected chi connectivity index (χ1v) is 9.54. The molecule has 4 bridgehead atoms. The summed E-state index contributed by atoms with van der Waals surface area (Å²) in [6, 6.07) is 0.203. The molecule has 5 fully saturated rings. The number of nitrogens with zero attached hydrogens (tertiary/aromatic N) is 1. The van der Waals surface area contributed by atoms with Gasteiger partial charge in [-0.2, -0.15) is 0 Å². The third kappa shape index (κ3) is 2.76. The minimum absolute atomic E-state index is 0.203. The summed E-state index contributed by atoms with van der Waals surface area (Å²) in [6.07, 6.45) is 9.85. The molecule has 1 aliphatic heterocycles. The topological polar surface area (TPSA) is 32.3 Å². The monoisotopic (exact) mass is 304 g/mol. The van der Waals surface area contributed by atoms with Gasteiger partial charge in [0.25, 0.3) is 0 Å². The van der Waals surface area contributed by atoms with Crippen molar-refractivity contribution in [1.29, 1.82) is 0 Å². The van der Waals surface area contributed by atoms with E-state index < -0.39 is 0 Å². The van der Waals surface area contributed by atoms with Crippen LogP contribution >= 0.6 is 0 Å². The molecule has 0 aromatic heterocycles. The third-order valence-corrected chi connectivity index (χ3v) is 6.94. The van der Waals surface area contributed by atoms with E-state index in [2.05, 4.69) is 24.1 Å². The summed E-state index contributed by atoms with van der Waals surface area (Å²) in [5.41, 5.74) is 0.456. The van der Waals surface area contributed by atoms with Crippen LogP contribution in [0.1, 0.15) is 58.8 Å². The molecular weight excluding hydrogens is 272 g/mol. The van der Waals surface area contributed by atoms with E-state index in [0.717, 1.165) is 37.4 Å². The Bertz CT molecular complexity index is 401. The molecule has 1 heterocycles. The standard InChI is InChI=1S/C19H32N2O/c1-13-3-14(2)11-21(10-13)18(22)20-12-19-7-15-4-16(8-19)6-17(5-15)9-19/h13-17H,3-12H2,1-2H3,(H,20,22)/t13-,14+,15?,16?,17?,19?. The quantitative estimate of drug-likeness (QED) is 0.824. The minimum atomic E-state index is 0.203. The fourth-order valence-electron chi connectivity index (χ4n) is 6.71. The summed E-state index contributed by atoms with van der Waals surface area (Å²) in [5, 5.41) is 3.34. The molecule has 1 N–H and O–H groups in total. The largest absolute Gasteiger partial charge is 0.337 e. The number of carbonyl (C=O) groups excluding carboxylic acids is 1. The zero-order chi connectivity index (χ0) is 15.3. The van der Waals surface area contributed by atoms with Crippen molar-refractivity contribution in [2.45, 2.75) is 58.8 Å². The number of carbonyl (C=O) groups is 1. The van der Waals surface area contributed by atoms with Crippen molar-refractivity contribution < 1.29 is 4.79 Å². The minimum Gasteiger partial charge on any atom is -0.337 e. The van der Waals surface area contributed by atoms with E-state index in [4.69, 9.17) is 0 Å². The summed E-state index contributed by atoms with van der Waals surface area (Å²) in [6.45, 7) is 7.37. The van der Waals surface area contributed by atoms with Crippen LogP contribution in [-0.2, 0) is 0 Å². The van der Waals surface area contributed by atoms with Crippen LogP contribution < -0.4 is 5.32 Å². The van der Waals surface area contributed by atoms with E-state index in [-0.39, 0.29) is 6.03 Å². The van der Waals surface area contributed by atoms with Crippen LogP contribution in [0.5, 0.6) is 0 Å². The molecule has 5 aliphatic rings. The molecule has 0 aromatic rings. The molecule has 0 unspecified atom stereocenters. The van der Waals surface area contributed by atoms with Crippen LogP contribution in [0.25, 0.3) is 0 Å². The van der Waals surface area contributed by atoms with E-state index in [1.807, 2.05) is 0 Å². The lowest BCUT2D eigenvalue weighted by atomic mass is 9.49. The van der Waals surface area contributed by atoms with Gasteiger partial charge in [0.15, 0.2) is 0 Å². The number of urea groups is 1. The molecule has 1 saturated heterocycles. The van der Waals surface area contributed by atoms with Gasteiger partial charge in [-0.15, -0.1) is 0 Å². The molecule has 124 valence electrons. The summed E-state index contributed by atoms with van der Waals surface area (Å²) < 4.78 is 0. The van der Waals surface area contributed by atoms with E-state index in [9.17, 15) is 4.79 Å². The van der Waals surface area contributed by atoms with Crippen LogP contribution in [-0.4, -0.2) is 30.6 Å². The molecule has 2 atom stereocenters. The van der Waals surface area contributed by atoms with Crippen molar-refractivity contribution in [3.63, 3.8) is 0 Å². The molecule has 22 heavy (non-hydrogen) atoms. The maximum absolute atomic E-state index is 12.6. The van der Waals surface area contributed by atoms with Crippen LogP contribution in [0.4, 0.5) is 4.79 Å². The second-order valence-electron chi connectivity index (χ2n) is 9.43. The SMILES string of the molecule is C[C@@H]1C[C@H](C)CN(C(=O)NCC23CC4CC(CC(C4)C2)C3)C1. The lowest BCUT2D eigenvalue weighted by Gasteiger charge is -2.57. The second kappa shape index (κ2) is 5.42. The molecule has 3 heteroatoms. The molecule has 4 aliphatic carbocycles. The average Bonchev–Trinajstić information content (AvgIpc) is 2.42.